The van der Waals surface area contributed by atoms with Crippen LogP contribution >= 0.6 is 0 Å². The van der Waals surface area contributed by atoms with Crippen LogP contribution in [-0.4, -0.2) is 17.9 Å². The first-order valence-corrected chi connectivity index (χ1v) is 14.7. The number of hydrogen-bond donors (Lipinski definition) is 0. The summed E-state index contributed by atoms with van der Waals surface area (Å²) in [5, 5.41) is 0. The van der Waals surface area contributed by atoms with Gasteiger partial charge in [-0.15, -0.1) is 0 Å². The highest BCUT2D eigenvalue weighted by molar-refractivity contribution is 5.94. The number of carbonyl (C=O) groups excluding carboxylic acids is 2. The van der Waals surface area contributed by atoms with Gasteiger partial charge in [-0.05, 0) is 117 Å². The van der Waals surface area contributed by atoms with Gasteiger partial charge < -0.3 is 4.74 Å². The Morgan fingerprint density at radius 3 is 2.29 bits per heavy atom. The lowest BCUT2D eigenvalue weighted by molar-refractivity contribution is -0.163. The van der Waals surface area contributed by atoms with Crippen molar-refractivity contribution in [3.8, 4) is 0 Å². The summed E-state index contributed by atoms with van der Waals surface area (Å²) in [6.45, 7) is 14.0. The van der Waals surface area contributed by atoms with Crippen molar-refractivity contribution in [3.63, 3.8) is 0 Å². The molecule has 0 saturated heterocycles. The number of carbonyl (C=O) groups is 2. The third-order valence-electron chi connectivity index (χ3n) is 11.5. The van der Waals surface area contributed by atoms with E-state index in [2.05, 4.69) is 34.6 Å². The average molecular weight is 473 g/mol. The first kappa shape index (κ1) is 26.2. The summed E-state index contributed by atoms with van der Waals surface area (Å²) < 4.78 is 5.75. The zero-order valence-electron chi connectivity index (χ0n) is 23.0. The number of rotatable bonds is 8. The van der Waals surface area contributed by atoms with Gasteiger partial charge in [0.2, 0.25) is 0 Å². The molecular formula is C31H52O3. The Bertz CT molecular complexity index is 743. The van der Waals surface area contributed by atoms with Crippen molar-refractivity contribution in [2.75, 3.05) is 0 Å². The molecule has 0 N–H and O–H groups in total. The molecule has 0 heterocycles. The Morgan fingerprint density at radius 2 is 1.59 bits per heavy atom. The van der Waals surface area contributed by atoms with E-state index in [1.54, 1.807) is 0 Å². The molecule has 9 atom stereocenters. The van der Waals surface area contributed by atoms with Gasteiger partial charge in [0.15, 0.2) is 0 Å². The average Bonchev–Trinajstić information content (AvgIpc) is 3.10. The molecule has 4 fully saturated rings. The maximum absolute atomic E-state index is 12.1. The minimum atomic E-state index is -0.317. The van der Waals surface area contributed by atoms with Crippen LogP contribution in [0.25, 0.3) is 0 Å². The topological polar surface area (TPSA) is 43.4 Å². The van der Waals surface area contributed by atoms with Gasteiger partial charge in [0.05, 0.1) is 0 Å². The number of ether oxygens (including phenoxy) is 1. The third-order valence-corrected chi connectivity index (χ3v) is 11.5. The molecular weight excluding hydrogens is 420 g/mol. The quantitative estimate of drug-likeness (QED) is 0.265. The summed E-state index contributed by atoms with van der Waals surface area (Å²) in [6.07, 6.45) is 15.8. The smallest absolute Gasteiger partial charge is 0.313 e. The van der Waals surface area contributed by atoms with Crippen LogP contribution in [0.1, 0.15) is 125 Å². The molecule has 0 aromatic carbocycles. The van der Waals surface area contributed by atoms with Crippen LogP contribution in [0.3, 0.4) is 0 Å². The predicted molar refractivity (Wildman–Crippen MR) is 138 cm³/mol. The monoisotopic (exact) mass is 472 g/mol. The molecule has 3 heteroatoms. The van der Waals surface area contributed by atoms with Gasteiger partial charge in [-0.3, -0.25) is 9.59 Å². The summed E-state index contributed by atoms with van der Waals surface area (Å²) in [5.74, 6) is 5.58. The zero-order valence-corrected chi connectivity index (χ0v) is 23.0. The summed E-state index contributed by atoms with van der Waals surface area (Å²) in [5.41, 5.74) is 0.968. The highest BCUT2D eigenvalue weighted by Crippen LogP contribution is 2.68. The van der Waals surface area contributed by atoms with Crippen LogP contribution < -0.4 is 0 Å². The zero-order chi connectivity index (χ0) is 24.7. The molecule has 4 rings (SSSR count). The van der Waals surface area contributed by atoms with E-state index in [4.69, 9.17) is 4.74 Å². The van der Waals surface area contributed by atoms with E-state index in [0.717, 1.165) is 48.3 Å². The van der Waals surface area contributed by atoms with Gasteiger partial charge in [-0.25, -0.2) is 0 Å². The molecule has 0 amide bonds. The van der Waals surface area contributed by atoms with Crippen molar-refractivity contribution in [2.24, 2.45) is 52.3 Å². The number of esters is 1. The predicted octanol–water partition coefficient (Wildman–Crippen LogP) is 8.00. The molecule has 4 saturated carbocycles. The fourth-order valence-electron chi connectivity index (χ4n) is 9.78. The van der Waals surface area contributed by atoms with Crippen LogP contribution in [0.5, 0.6) is 0 Å². The van der Waals surface area contributed by atoms with Crippen molar-refractivity contribution < 1.29 is 14.3 Å². The van der Waals surface area contributed by atoms with Gasteiger partial charge in [-0.1, -0.05) is 53.9 Å². The molecule has 0 aromatic heterocycles. The van der Waals surface area contributed by atoms with E-state index < -0.39 is 0 Å². The fraction of sp³-hybridized carbons (Fsp3) is 0.935. The Balaban J connectivity index is 1.39. The fourth-order valence-corrected chi connectivity index (χ4v) is 9.78. The van der Waals surface area contributed by atoms with Crippen molar-refractivity contribution in [1.29, 1.82) is 0 Å². The normalized spacial score (nSPS) is 42.4. The summed E-state index contributed by atoms with van der Waals surface area (Å²) in [4.78, 5) is 23.4. The first-order chi connectivity index (χ1) is 16.0. The van der Waals surface area contributed by atoms with Gasteiger partial charge in [-0.2, -0.15) is 0 Å². The molecule has 3 nitrogen and oxygen atoms in total. The number of Topliss-reactive ketones (excluding diaryl/α,β-unsaturated/α-hetero) is 1. The number of fused-ring (bicyclic) bond motifs is 5. The molecule has 0 bridgehead atoms. The van der Waals surface area contributed by atoms with Gasteiger partial charge in [0, 0.05) is 0 Å². The minimum Gasteiger partial charge on any atom is -0.462 e. The van der Waals surface area contributed by atoms with Crippen molar-refractivity contribution in [1.82, 2.24) is 0 Å². The van der Waals surface area contributed by atoms with Crippen LogP contribution in [0.2, 0.25) is 0 Å². The SMILES string of the molecule is CC(=O)CC(=O)OC1CCC2(C)C(CCC3C2CCC2(C)C(C(C)CCCC(C)C)CCC32)C1. The third kappa shape index (κ3) is 5.01. The molecule has 0 aromatic rings. The summed E-state index contributed by atoms with van der Waals surface area (Å²) in [6, 6.07) is 0. The highest BCUT2D eigenvalue weighted by atomic mass is 16.5. The summed E-state index contributed by atoms with van der Waals surface area (Å²) >= 11 is 0. The first-order valence-electron chi connectivity index (χ1n) is 14.7. The largest absolute Gasteiger partial charge is 0.462 e. The lowest BCUT2D eigenvalue weighted by atomic mass is 9.44. The lowest BCUT2D eigenvalue weighted by Crippen LogP contribution is -2.54. The molecule has 194 valence electrons. The van der Waals surface area contributed by atoms with Gasteiger partial charge in [0.25, 0.3) is 0 Å². The maximum Gasteiger partial charge on any atom is 0.313 e. The molecule has 9 unspecified atom stereocenters. The van der Waals surface area contributed by atoms with Crippen LogP contribution in [0.15, 0.2) is 0 Å². The van der Waals surface area contributed by atoms with Gasteiger partial charge in [0.1, 0.15) is 18.3 Å². The van der Waals surface area contributed by atoms with E-state index in [1.165, 1.54) is 71.1 Å². The molecule has 0 aliphatic heterocycles. The number of ketones is 1. The Morgan fingerprint density at radius 1 is 0.882 bits per heavy atom. The van der Waals surface area contributed by atoms with Crippen LogP contribution in [0.4, 0.5) is 0 Å². The summed E-state index contributed by atoms with van der Waals surface area (Å²) in [7, 11) is 0. The Hall–Kier alpha value is -0.860. The molecule has 0 spiro atoms. The molecule has 4 aliphatic rings. The molecule has 34 heavy (non-hydrogen) atoms. The maximum atomic E-state index is 12.1. The lowest BCUT2D eigenvalue weighted by Gasteiger charge is -2.61. The van der Waals surface area contributed by atoms with Gasteiger partial charge >= 0.3 is 5.97 Å². The van der Waals surface area contributed by atoms with Crippen molar-refractivity contribution in [2.45, 2.75) is 131 Å². The van der Waals surface area contributed by atoms with Crippen LogP contribution in [0, 0.1) is 52.3 Å². The second-order valence-corrected chi connectivity index (χ2v) is 14.0. The molecule has 0 radical (unpaired) electrons. The Labute approximate surface area is 209 Å². The van der Waals surface area contributed by atoms with E-state index in [9.17, 15) is 9.59 Å². The van der Waals surface area contributed by atoms with Crippen molar-refractivity contribution >= 4 is 11.8 Å². The number of hydrogen-bond acceptors (Lipinski definition) is 3. The van der Waals surface area contributed by atoms with E-state index in [0.29, 0.717) is 16.7 Å². The standard InChI is InChI=1S/C31H52O3/c1-20(2)8-7-9-21(3)26-12-13-27-25-11-10-23-19-24(34-29(33)18-22(4)32)14-16-30(23,5)28(25)15-17-31(26,27)6/h20-21,23-28H,7-19H2,1-6H3. The second-order valence-electron chi connectivity index (χ2n) is 14.0. The van der Waals surface area contributed by atoms with Crippen molar-refractivity contribution in [3.05, 3.63) is 0 Å². The second kappa shape index (κ2) is 10.3. The highest BCUT2D eigenvalue weighted by Gasteiger charge is 2.60. The minimum absolute atomic E-state index is 0.0258. The van der Waals surface area contributed by atoms with E-state index in [1.807, 2.05) is 0 Å². The van der Waals surface area contributed by atoms with Crippen LogP contribution in [-0.2, 0) is 14.3 Å². The Kier molecular flexibility index (Phi) is 7.90. The van der Waals surface area contributed by atoms with E-state index >= 15 is 0 Å². The molecule has 4 aliphatic carbocycles. The van der Waals surface area contributed by atoms with E-state index in [-0.39, 0.29) is 24.3 Å².